The number of rotatable bonds is 3. The maximum absolute atomic E-state index is 7.20. The summed E-state index contributed by atoms with van der Waals surface area (Å²) in [4.78, 5) is 0. The van der Waals surface area contributed by atoms with Gasteiger partial charge in [0, 0.05) is 5.71 Å². The highest BCUT2D eigenvalue weighted by Crippen LogP contribution is 2.00. The summed E-state index contributed by atoms with van der Waals surface area (Å²) in [6.07, 6.45) is 6.05. The van der Waals surface area contributed by atoms with Crippen LogP contribution >= 0.6 is 0 Å². The van der Waals surface area contributed by atoms with E-state index >= 15 is 0 Å². The Labute approximate surface area is 69.3 Å². The normalized spacial score (nSPS) is 13.0. The van der Waals surface area contributed by atoms with Crippen LogP contribution in [0.5, 0.6) is 0 Å². The molecule has 0 aliphatic rings. The summed E-state index contributed by atoms with van der Waals surface area (Å²) in [5.41, 5.74) is 1.75. The van der Waals surface area contributed by atoms with Crippen molar-refractivity contribution in [3.05, 3.63) is 23.8 Å². The molecule has 1 N–H and O–H groups in total. The summed E-state index contributed by atoms with van der Waals surface area (Å²) in [5, 5.41) is 7.20. The molecule has 0 amide bonds. The van der Waals surface area contributed by atoms with Gasteiger partial charge in [-0.1, -0.05) is 26.0 Å². The van der Waals surface area contributed by atoms with Crippen LogP contribution in [0.3, 0.4) is 0 Å². The van der Waals surface area contributed by atoms with Crippen LogP contribution in [0.2, 0.25) is 0 Å². The molecule has 0 fully saturated rings. The molecule has 0 aromatic carbocycles. The van der Waals surface area contributed by atoms with Gasteiger partial charge in [-0.2, -0.15) is 0 Å². The minimum Gasteiger partial charge on any atom is -0.306 e. The van der Waals surface area contributed by atoms with Gasteiger partial charge in [0.15, 0.2) is 0 Å². The maximum Gasteiger partial charge on any atom is 0.0285 e. The molecule has 0 unspecified atom stereocenters. The van der Waals surface area contributed by atoms with Crippen molar-refractivity contribution in [3.63, 3.8) is 0 Å². The molecule has 0 saturated carbocycles. The molecule has 0 saturated heterocycles. The Morgan fingerprint density at radius 2 is 1.82 bits per heavy atom. The molecule has 1 heteroatoms. The molecule has 0 atom stereocenters. The van der Waals surface area contributed by atoms with Gasteiger partial charge in [-0.05, 0) is 31.4 Å². The third-order valence-corrected chi connectivity index (χ3v) is 1.19. The van der Waals surface area contributed by atoms with Gasteiger partial charge in [0.25, 0.3) is 0 Å². The molecule has 0 heterocycles. The Hall–Kier alpha value is -0.850. The van der Waals surface area contributed by atoms with Gasteiger partial charge in [0.05, 0.1) is 0 Å². The highest BCUT2D eigenvalue weighted by atomic mass is 14.4. The van der Waals surface area contributed by atoms with E-state index < -0.39 is 0 Å². The quantitative estimate of drug-likeness (QED) is 0.473. The Balaban J connectivity index is 4.06. The van der Waals surface area contributed by atoms with E-state index in [1.165, 1.54) is 0 Å². The molecule has 0 rings (SSSR count). The van der Waals surface area contributed by atoms with Gasteiger partial charge in [-0.3, -0.25) is 0 Å². The lowest BCUT2D eigenvalue weighted by atomic mass is 10.1. The maximum atomic E-state index is 7.20. The number of hydrogen-bond acceptors (Lipinski definition) is 1. The van der Waals surface area contributed by atoms with E-state index in [-0.39, 0.29) is 0 Å². The zero-order valence-corrected chi connectivity index (χ0v) is 7.81. The Morgan fingerprint density at radius 3 is 2.18 bits per heavy atom. The van der Waals surface area contributed by atoms with Crippen molar-refractivity contribution in [2.24, 2.45) is 5.92 Å². The van der Waals surface area contributed by atoms with Crippen molar-refractivity contribution in [1.82, 2.24) is 0 Å². The second-order valence-electron chi connectivity index (χ2n) is 3.17. The van der Waals surface area contributed by atoms with Crippen LogP contribution in [0.4, 0.5) is 0 Å². The van der Waals surface area contributed by atoms with E-state index in [1.54, 1.807) is 6.92 Å². The lowest BCUT2D eigenvalue weighted by Gasteiger charge is -1.94. The molecule has 0 aliphatic carbocycles. The predicted octanol–water partition coefficient (Wildman–Crippen LogP) is 3.18. The molecular formula is C10H17N. The lowest BCUT2D eigenvalue weighted by molar-refractivity contribution is 0.831. The average molecular weight is 151 g/mol. The van der Waals surface area contributed by atoms with E-state index in [2.05, 4.69) is 26.0 Å². The first-order chi connectivity index (χ1) is 5.02. The summed E-state index contributed by atoms with van der Waals surface area (Å²) >= 11 is 0. The molecular weight excluding hydrogens is 134 g/mol. The summed E-state index contributed by atoms with van der Waals surface area (Å²) < 4.78 is 0. The van der Waals surface area contributed by atoms with Crippen molar-refractivity contribution in [2.75, 3.05) is 0 Å². The van der Waals surface area contributed by atoms with Crippen molar-refractivity contribution < 1.29 is 0 Å². The standard InChI is InChI=1S/C10H17N/c1-8(2)5-6-9(3)7-10(4)11/h5-8,11H,1-4H3/b6-5-,9-7-,11-10?. The zero-order valence-electron chi connectivity index (χ0n) is 7.81. The predicted molar refractivity (Wildman–Crippen MR) is 51.1 cm³/mol. The van der Waals surface area contributed by atoms with E-state index in [0.717, 1.165) is 5.57 Å². The number of allylic oxidation sites excluding steroid dienone is 4. The average Bonchev–Trinajstić information content (AvgIpc) is 1.82. The van der Waals surface area contributed by atoms with E-state index in [9.17, 15) is 0 Å². The highest BCUT2D eigenvalue weighted by molar-refractivity contribution is 5.90. The summed E-state index contributed by atoms with van der Waals surface area (Å²) in [7, 11) is 0. The summed E-state index contributed by atoms with van der Waals surface area (Å²) in [6.45, 7) is 8.08. The van der Waals surface area contributed by atoms with Crippen LogP contribution in [0.1, 0.15) is 27.7 Å². The highest BCUT2D eigenvalue weighted by Gasteiger charge is 1.85. The monoisotopic (exact) mass is 151 g/mol. The first kappa shape index (κ1) is 10.2. The fraction of sp³-hybridized carbons (Fsp3) is 0.500. The van der Waals surface area contributed by atoms with Gasteiger partial charge in [-0.25, -0.2) is 0 Å². The van der Waals surface area contributed by atoms with Crippen LogP contribution in [0.25, 0.3) is 0 Å². The van der Waals surface area contributed by atoms with Gasteiger partial charge in [0.2, 0.25) is 0 Å². The zero-order chi connectivity index (χ0) is 8.85. The fourth-order valence-electron chi connectivity index (χ4n) is 0.734. The molecule has 0 aromatic heterocycles. The second kappa shape index (κ2) is 4.89. The van der Waals surface area contributed by atoms with Crippen molar-refractivity contribution >= 4 is 5.71 Å². The number of hydrogen-bond donors (Lipinski definition) is 1. The summed E-state index contributed by atoms with van der Waals surface area (Å²) in [5.74, 6) is 0.587. The first-order valence-electron chi connectivity index (χ1n) is 3.94. The SMILES string of the molecule is CC(=N)/C=C(C)\C=C/C(C)C. The third kappa shape index (κ3) is 7.04. The Kier molecular flexibility index (Phi) is 4.51. The van der Waals surface area contributed by atoms with Crippen molar-refractivity contribution in [2.45, 2.75) is 27.7 Å². The van der Waals surface area contributed by atoms with Crippen molar-refractivity contribution in [3.8, 4) is 0 Å². The molecule has 62 valence electrons. The van der Waals surface area contributed by atoms with E-state index in [1.807, 2.05) is 13.0 Å². The minimum atomic E-state index is 0.587. The second-order valence-corrected chi connectivity index (χ2v) is 3.17. The van der Waals surface area contributed by atoms with Gasteiger partial charge in [-0.15, -0.1) is 0 Å². The lowest BCUT2D eigenvalue weighted by Crippen LogP contribution is -1.83. The molecule has 0 spiro atoms. The molecule has 0 aliphatic heterocycles. The molecule has 0 radical (unpaired) electrons. The fourth-order valence-corrected chi connectivity index (χ4v) is 0.734. The first-order valence-corrected chi connectivity index (χ1v) is 3.94. The molecule has 11 heavy (non-hydrogen) atoms. The van der Waals surface area contributed by atoms with Crippen LogP contribution in [-0.2, 0) is 0 Å². The van der Waals surface area contributed by atoms with Crippen LogP contribution in [0.15, 0.2) is 23.8 Å². The minimum absolute atomic E-state index is 0.587. The summed E-state index contributed by atoms with van der Waals surface area (Å²) in [6, 6.07) is 0. The topological polar surface area (TPSA) is 23.9 Å². The van der Waals surface area contributed by atoms with Gasteiger partial charge in [0.1, 0.15) is 0 Å². The molecule has 1 nitrogen and oxygen atoms in total. The molecule has 0 bridgehead atoms. The van der Waals surface area contributed by atoms with E-state index in [4.69, 9.17) is 5.41 Å². The van der Waals surface area contributed by atoms with Crippen LogP contribution < -0.4 is 0 Å². The largest absolute Gasteiger partial charge is 0.306 e. The van der Waals surface area contributed by atoms with Crippen LogP contribution in [-0.4, -0.2) is 5.71 Å². The van der Waals surface area contributed by atoms with Gasteiger partial charge < -0.3 is 5.41 Å². The Morgan fingerprint density at radius 1 is 1.27 bits per heavy atom. The van der Waals surface area contributed by atoms with Crippen molar-refractivity contribution in [1.29, 1.82) is 5.41 Å². The Bertz CT molecular complexity index is 185. The van der Waals surface area contributed by atoms with Crippen LogP contribution in [0, 0.1) is 11.3 Å². The molecule has 0 aromatic rings. The van der Waals surface area contributed by atoms with E-state index in [0.29, 0.717) is 11.6 Å². The third-order valence-electron chi connectivity index (χ3n) is 1.19. The number of nitrogens with one attached hydrogen (secondary N) is 1. The van der Waals surface area contributed by atoms with Gasteiger partial charge >= 0.3 is 0 Å². The smallest absolute Gasteiger partial charge is 0.0285 e.